The van der Waals surface area contributed by atoms with Gasteiger partial charge in [-0.2, -0.15) is 13.2 Å². The first-order valence-corrected chi connectivity index (χ1v) is 12.0. The third-order valence-electron chi connectivity index (χ3n) is 6.33. The van der Waals surface area contributed by atoms with E-state index < -0.39 is 12.1 Å². The van der Waals surface area contributed by atoms with Crippen molar-refractivity contribution in [1.29, 1.82) is 0 Å². The fourth-order valence-corrected chi connectivity index (χ4v) is 4.71. The number of nitrogens with one attached hydrogen (secondary N) is 1. The van der Waals surface area contributed by atoms with Crippen LogP contribution in [0.3, 0.4) is 0 Å². The number of carboxylic acid groups (broad SMARTS) is 1. The van der Waals surface area contributed by atoms with Gasteiger partial charge in [0.15, 0.2) is 0 Å². The lowest BCUT2D eigenvalue weighted by molar-refractivity contribution is -0.192. The molecule has 1 aromatic carbocycles. The van der Waals surface area contributed by atoms with Gasteiger partial charge in [-0.25, -0.2) is 9.78 Å². The minimum absolute atomic E-state index is 0.131. The molecule has 3 atom stereocenters. The van der Waals surface area contributed by atoms with Gasteiger partial charge in [-0.3, -0.25) is 9.69 Å². The maximum atomic E-state index is 13.2. The first kappa shape index (κ1) is 26.8. The average molecular weight is 540 g/mol. The Kier molecular flexibility index (Phi) is 8.00. The van der Waals surface area contributed by atoms with Crippen molar-refractivity contribution in [1.82, 2.24) is 25.3 Å². The van der Waals surface area contributed by atoms with Crippen molar-refractivity contribution in [3.63, 3.8) is 0 Å². The van der Waals surface area contributed by atoms with Crippen molar-refractivity contribution in [3.8, 4) is 11.3 Å². The number of benzene rings is 1. The van der Waals surface area contributed by atoms with Crippen molar-refractivity contribution in [2.75, 3.05) is 39.3 Å². The summed E-state index contributed by atoms with van der Waals surface area (Å²) in [6.07, 6.45) is -3.89. The Morgan fingerprint density at radius 2 is 1.97 bits per heavy atom. The molecule has 2 N–H and O–H groups in total. The van der Waals surface area contributed by atoms with Gasteiger partial charge in [0, 0.05) is 42.8 Å². The topological polar surface area (TPSA) is 112 Å². The molecule has 5 heterocycles. The second-order valence-corrected chi connectivity index (χ2v) is 9.31. The Morgan fingerprint density at radius 1 is 1.22 bits per heavy atom. The number of amides is 1. The molecule has 1 amide bonds. The van der Waals surface area contributed by atoms with E-state index in [0.717, 1.165) is 38.3 Å². The van der Waals surface area contributed by atoms with E-state index in [1.807, 2.05) is 31.2 Å². The van der Waals surface area contributed by atoms with Gasteiger partial charge in [0.2, 0.25) is 0 Å². The number of hydrogen-bond donors (Lipinski definition) is 2. The molecular weight excluding hydrogens is 515 g/mol. The van der Waals surface area contributed by atoms with Gasteiger partial charge in [-0.15, -0.1) is 0 Å². The van der Waals surface area contributed by atoms with E-state index >= 15 is 0 Å². The van der Waals surface area contributed by atoms with Gasteiger partial charge in [0.25, 0.3) is 11.6 Å². The zero-order valence-corrected chi connectivity index (χ0v) is 20.6. The van der Waals surface area contributed by atoms with Crippen molar-refractivity contribution >= 4 is 34.6 Å². The Bertz CT molecular complexity index is 1300. The number of carbonyl (C=O) groups is 2. The average Bonchev–Trinajstić information content (AvgIpc) is 3.01. The molecule has 2 aromatic heterocycles. The molecule has 2 bridgehead atoms. The summed E-state index contributed by atoms with van der Waals surface area (Å²) in [5.41, 5.74) is 3.01. The van der Waals surface area contributed by atoms with Crippen LogP contribution in [0.4, 0.5) is 13.2 Å². The van der Waals surface area contributed by atoms with Crippen LogP contribution in [0, 0.1) is 6.92 Å². The van der Waals surface area contributed by atoms with Gasteiger partial charge in [-0.1, -0.05) is 28.9 Å². The summed E-state index contributed by atoms with van der Waals surface area (Å²) >= 11 is 6.15. The first-order valence-electron chi connectivity index (χ1n) is 11.6. The third kappa shape index (κ3) is 6.38. The van der Waals surface area contributed by atoms with E-state index in [-0.39, 0.29) is 5.91 Å². The van der Waals surface area contributed by atoms with Gasteiger partial charge in [-0.05, 0) is 44.6 Å². The van der Waals surface area contributed by atoms with Crippen molar-refractivity contribution in [2.24, 2.45) is 0 Å². The molecule has 3 unspecified atom stereocenters. The van der Waals surface area contributed by atoms with Gasteiger partial charge < -0.3 is 19.8 Å². The third-order valence-corrected chi connectivity index (χ3v) is 6.57. The van der Waals surface area contributed by atoms with E-state index in [0.29, 0.717) is 45.7 Å². The molecule has 3 saturated heterocycles. The number of aliphatic carboxylic acids is 1. The molecule has 9 nitrogen and oxygen atoms in total. The van der Waals surface area contributed by atoms with Crippen molar-refractivity contribution in [2.45, 2.75) is 25.6 Å². The largest absolute Gasteiger partial charge is 0.490 e. The first-order chi connectivity index (χ1) is 17.5. The van der Waals surface area contributed by atoms with Crippen LogP contribution >= 0.6 is 11.6 Å². The highest BCUT2D eigenvalue weighted by Crippen LogP contribution is 2.28. The molecule has 3 aliphatic rings. The summed E-state index contributed by atoms with van der Waals surface area (Å²) in [6.45, 7) is 7.89. The fraction of sp³-hybridized carbons (Fsp3) is 0.417. The number of carboxylic acids is 1. The monoisotopic (exact) mass is 539 g/mol. The highest BCUT2D eigenvalue weighted by molar-refractivity contribution is 6.30. The number of pyridine rings is 1. The molecule has 0 saturated carbocycles. The normalized spacial score (nSPS) is 21.2. The molecule has 198 valence electrons. The number of aryl methyl sites for hydroxylation is 1. The van der Waals surface area contributed by atoms with Gasteiger partial charge >= 0.3 is 12.1 Å². The SMILES string of the molecule is Cc1noc2nc(-c3cccc(Cl)c3)cc(C(=O)NCC3CN4CCCN3CC4)c12.O=C(O)C(F)(F)F. The number of fused-ring (bicyclic) bond motifs is 5. The number of rotatable bonds is 4. The van der Waals surface area contributed by atoms with E-state index in [1.54, 1.807) is 6.07 Å². The molecular formula is C24H25ClF3N5O4. The fourth-order valence-electron chi connectivity index (χ4n) is 4.52. The van der Waals surface area contributed by atoms with Crippen LogP contribution in [0.5, 0.6) is 0 Å². The van der Waals surface area contributed by atoms with Crippen LogP contribution in [0.25, 0.3) is 22.4 Å². The predicted molar refractivity (Wildman–Crippen MR) is 129 cm³/mol. The van der Waals surface area contributed by atoms with Crippen LogP contribution in [-0.4, -0.2) is 88.4 Å². The van der Waals surface area contributed by atoms with E-state index in [2.05, 4.69) is 25.3 Å². The number of nitrogens with zero attached hydrogens (tertiary/aromatic N) is 4. The van der Waals surface area contributed by atoms with Crippen molar-refractivity contribution < 1.29 is 32.4 Å². The summed E-state index contributed by atoms with van der Waals surface area (Å²) in [5.74, 6) is -2.89. The number of carbonyl (C=O) groups excluding carboxylic acids is 1. The Hall–Kier alpha value is -3.22. The lowest BCUT2D eigenvalue weighted by Gasteiger charge is -2.37. The highest BCUT2D eigenvalue weighted by atomic mass is 35.5. The van der Waals surface area contributed by atoms with Gasteiger partial charge in [0.05, 0.1) is 22.3 Å². The number of piperazine rings is 1. The highest BCUT2D eigenvalue weighted by Gasteiger charge is 2.38. The number of halogens is 4. The molecule has 0 spiro atoms. The molecule has 0 radical (unpaired) electrons. The van der Waals surface area contributed by atoms with Crippen LogP contribution in [-0.2, 0) is 4.79 Å². The maximum absolute atomic E-state index is 13.2. The minimum Gasteiger partial charge on any atom is -0.475 e. The number of alkyl halides is 3. The molecule has 6 rings (SSSR count). The Balaban J connectivity index is 0.000000405. The molecule has 37 heavy (non-hydrogen) atoms. The van der Waals surface area contributed by atoms with Crippen LogP contribution in [0.2, 0.25) is 5.02 Å². The smallest absolute Gasteiger partial charge is 0.475 e. The number of hydrogen-bond acceptors (Lipinski definition) is 7. The molecule has 13 heteroatoms. The van der Waals surface area contributed by atoms with Crippen LogP contribution < -0.4 is 5.32 Å². The summed E-state index contributed by atoms with van der Waals surface area (Å²) in [5, 5.41) is 15.6. The van der Waals surface area contributed by atoms with Gasteiger partial charge in [0.1, 0.15) is 0 Å². The molecule has 3 aromatic rings. The molecule has 3 aliphatic heterocycles. The predicted octanol–water partition coefficient (Wildman–Crippen LogP) is 3.60. The maximum Gasteiger partial charge on any atom is 0.490 e. The van der Waals surface area contributed by atoms with E-state index in [1.165, 1.54) is 6.42 Å². The number of aromatic nitrogens is 2. The second-order valence-electron chi connectivity index (χ2n) is 8.87. The summed E-state index contributed by atoms with van der Waals surface area (Å²) < 4.78 is 37.1. The lowest BCUT2D eigenvalue weighted by atomic mass is 10.0. The summed E-state index contributed by atoms with van der Waals surface area (Å²) in [7, 11) is 0. The second kappa shape index (κ2) is 11.0. The Morgan fingerprint density at radius 3 is 2.68 bits per heavy atom. The zero-order chi connectivity index (χ0) is 26.7. The van der Waals surface area contributed by atoms with E-state index in [9.17, 15) is 18.0 Å². The van der Waals surface area contributed by atoms with Crippen LogP contribution in [0.1, 0.15) is 22.5 Å². The van der Waals surface area contributed by atoms with Crippen molar-refractivity contribution in [3.05, 3.63) is 46.6 Å². The van der Waals surface area contributed by atoms with E-state index in [4.69, 9.17) is 26.0 Å². The Labute approximate surface area is 215 Å². The molecule has 3 fully saturated rings. The quantitative estimate of drug-likeness (QED) is 0.517. The molecule has 0 aliphatic carbocycles. The zero-order valence-electron chi connectivity index (χ0n) is 19.9. The lowest BCUT2D eigenvalue weighted by Crippen LogP contribution is -2.54. The minimum atomic E-state index is -5.08. The standard InChI is InChI=1S/C22H24ClN5O2.C2HF3O2/c1-14-20-18(21(29)24-12-17-13-27-6-3-7-28(17)9-8-27)11-19(25-22(20)30-26-14)15-4-2-5-16(23)10-15;3-2(4,5)1(6)7/h2,4-5,10-11,17H,3,6-9,12-13H2,1H3,(H,24,29);(H,6,7). The summed E-state index contributed by atoms with van der Waals surface area (Å²) in [4.78, 5) is 31.7. The van der Waals surface area contributed by atoms with Crippen LogP contribution in [0.15, 0.2) is 34.9 Å². The summed E-state index contributed by atoms with van der Waals surface area (Å²) in [6, 6.07) is 9.55.